The molecule has 0 saturated heterocycles. The summed E-state index contributed by atoms with van der Waals surface area (Å²) in [6.45, 7) is 8.44. The van der Waals surface area contributed by atoms with Crippen LogP contribution in [0.4, 0.5) is 0 Å². The van der Waals surface area contributed by atoms with E-state index in [9.17, 15) is 0 Å². The predicted octanol–water partition coefficient (Wildman–Crippen LogP) is 3.68. The van der Waals surface area contributed by atoms with Gasteiger partial charge in [-0.3, -0.25) is 4.98 Å². The fourth-order valence-electron chi connectivity index (χ4n) is 2.61. The normalized spacial score (nSPS) is 13.3. The molecule has 2 heteroatoms. The molecule has 1 aromatic heterocycles. The molecule has 0 aliphatic heterocycles. The summed E-state index contributed by atoms with van der Waals surface area (Å²) in [5.41, 5.74) is 10.8. The van der Waals surface area contributed by atoms with Crippen molar-refractivity contribution in [2.75, 3.05) is 0 Å². The molecule has 100 valence electrons. The van der Waals surface area contributed by atoms with Crippen molar-refractivity contribution in [2.24, 2.45) is 5.73 Å². The van der Waals surface area contributed by atoms with E-state index in [4.69, 9.17) is 5.73 Å². The van der Waals surface area contributed by atoms with Crippen LogP contribution in [-0.4, -0.2) is 4.98 Å². The average Bonchev–Trinajstić information content (AvgIpc) is 2.38. The van der Waals surface area contributed by atoms with Gasteiger partial charge < -0.3 is 5.73 Å². The fourth-order valence-corrected chi connectivity index (χ4v) is 2.61. The smallest absolute Gasteiger partial charge is 0.0413 e. The van der Waals surface area contributed by atoms with Gasteiger partial charge in [-0.2, -0.15) is 0 Å². The summed E-state index contributed by atoms with van der Waals surface area (Å²) in [5.74, 6) is 0. The van der Waals surface area contributed by atoms with E-state index in [1.807, 2.05) is 25.1 Å². The molecule has 2 N–H and O–H groups in total. The third-order valence-electron chi connectivity index (χ3n) is 3.86. The topological polar surface area (TPSA) is 38.9 Å². The molecule has 2 rings (SSSR count). The Morgan fingerprint density at radius 1 is 1.00 bits per heavy atom. The lowest BCUT2D eigenvalue weighted by atomic mass is 9.74. The maximum atomic E-state index is 6.48. The zero-order valence-corrected chi connectivity index (χ0v) is 12.1. The molecule has 0 spiro atoms. The maximum absolute atomic E-state index is 6.48. The first kappa shape index (κ1) is 13.8. The summed E-state index contributed by atoms with van der Waals surface area (Å²) in [5, 5.41) is 0. The largest absolute Gasteiger partial charge is 0.323 e. The Morgan fingerprint density at radius 3 is 2.21 bits per heavy atom. The maximum Gasteiger partial charge on any atom is 0.0413 e. The molecule has 0 aliphatic rings. The molecule has 2 nitrogen and oxygen atoms in total. The number of nitrogens with two attached hydrogens (primary N) is 1. The van der Waals surface area contributed by atoms with Crippen LogP contribution in [0.25, 0.3) is 0 Å². The third-order valence-corrected chi connectivity index (χ3v) is 3.86. The summed E-state index contributed by atoms with van der Waals surface area (Å²) >= 11 is 0. The molecule has 1 atom stereocenters. The fraction of sp³-hybridized carbons (Fsp3) is 0.353. The van der Waals surface area contributed by atoms with Crippen molar-refractivity contribution in [3.63, 3.8) is 0 Å². The number of aryl methyl sites for hydroxylation is 2. The van der Waals surface area contributed by atoms with E-state index in [-0.39, 0.29) is 11.5 Å². The van der Waals surface area contributed by atoms with E-state index >= 15 is 0 Å². The first-order chi connectivity index (χ1) is 8.93. The molecule has 0 amide bonds. The number of benzene rings is 1. The van der Waals surface area contributed by atoms with Crippen LogP contribution < -0.4 is 5.73 Å². The minimum atomic E-state index is -0.147. The van der Waals surface area contributed by atoms with Crippen LogP contribution in [0.3, 0.4) is 0 Å². The summed E-state index contributed by atoms with van der Waals surface area (Å²) in [6.07, 6.45) is 0. The van der Waals surface area contributed by atoms with Gasteiger partial charge in [0.1, 0.15) is 0 Å². The van der Waals surface area contributed by atoms with E-state index < -0.39 is 0 Å². The van der Waals surface area contributed by atoms with Crippen LogP contribution in [-0.2, 0) is 5.41 Å². The van der Waals surface area contributed by atoms with Gasteiger partial charge in [0, 0.05) is 22.8 Å². The van der Waals surface area contributed by atoms with Gasteiger partial charge >= 0.3 is 0 Å². The van der Waals surface area contributed by atoms with Crippen LogP contribution in [0.2, 0.25) is 0 Å². The van der Waals surface area contributed by atoms with Crippen LogP contribution in [0, 0.1) is 13.8 Å². The van der Waals surface area contributed by atoms with Gasteiger partial charge in [-0.15, -0.1) is 0 Å². The van der Waals surface area contributed by atoms with E-state index in [0.29, 0.717) is 0 Å². The Morgan fingerprint density at radius 2 is 1.63 bits per heavy atom. The van der Waals surface area contributed by atoms with Crippen molar-refractivity contribution in [1.29, 1.82) is 0 Å². The quantitative estimate of drug-likeness (QED) is 0.907. The standard InChI is InChI=1S/C17H22N2/c1-12-10-11-15(13(2)19-12)17(3,4)16(18)14-8-6-5-7-9-14/h5-11,16H,18H2,1-4H3. The first-order valence-corrected chi connectivity index (χ1v) is 6.68. The van der Waals surface area contributed by atoms with E-state index in [2.05, 4.69) is 50.0 Å². The lowest BCUT2D eigenvalue weighted by Crippen LogP contribution is -2.34. The summed E-state index contributed by atoms with van der Waals surface area (Å²) in [6, 6.07) is 14.4. The summed E-state index contributed by atoms with van der Waals surface area (Å²) < 4.78 is 0. The number of rotatable bonds is 3. The molecule has 1 aromatic carbocycles. The molecule has 1 unspecified atom stereocenters. The van der Waals surface area contributed by atoms with Crippen molar-refractivity contribution in [2.45, 2.75) is 39.2 Å². The second-order valence-electron chi connectivity index (χ2n) is 5.70. The first-order valence-electron chi connectivity index (χ1n) is 6.68. The molecule has 1 heterocycles. The van der Waals surface area contributed by atoms with Crippen LogP contribution in [0.15, 0.2) is 42.5 Å². The zero-order chi connectivity index (χ0) is 14.0. The third kappa shape index (κ3) is 2.69. The molecule has 0 saturated carbocycles. The molecule has 19 heavy (non-hydrogen) atoms. The highest BCUT2D eigenvalue weighted by molar-refractivity contribution is 5.34. The summed E-state index contributed by atoms with van der Waals surface area (Å²) in [4.78, 5) is 4.56. The Kier molecular flexibility index (Phi) is 3.72. The van der Waals surface area contributed by atoms with Crippen molar-refractivity contribution in [3.05, 3.63) is 65.0 Å². The van der Waals surface area contributed by atoms with Gasteiger partial charge in [0.05, 0.1) is 0 Å². The molecular formula is C17H22N2. The number of hydrogen-bond acceptors (Lipinski definition) is 2. The summed E-state index contributed by atoms with van der Waals surface area (Å²) in [7, 11) is 0. The van der Waals surface area contributed by atoms with Gasteiger partial charge in [-0.05, 0) is 31.0 Å². The van der Waals surface area contributed by atoms with Crippen molar-refractivity contribution in [3.8, 4) is 0 Å². The van der Waals surface area contributed by atoms with E-state index in [0.717, 1.165) is 17.0 Å². The molecular weight excluding hydrogens is 232 g/mol. The average molecular weight is 254 g/mol. The van der Waals surface area contributed by atoms with Gasteiger partial charge in [0.2, 0.25) is 0 Å². The van der Waals surface area contributed by atoms with Crippen LogP contribution in [0.1, 0.15) is 42.4 Å². The van der Waals surface area contributed by atoms with Crippen molar-refractivity contribution in [1.82, 2.24) is 4.98 Å². The van der Waals surface area contributed by atoms with Crippen molar-refractivity contribution < 1.29 is 0 Å². The Hall–Kier alpha value is -1.67. The Bertz CT molecular complexity index is 559. The zero-order valence-electron chi connectivity index (χ0n) is 12.1. The molecule has 0 fully saturated rings. The molecule has 0 aliphatic carbocycles. The lowest BCUT2D eigenvalue weighted by molar-refractivity contribution is 0.417. The highest BCUT2D eigenvalue weighted by Crippen LogP contribution is 2.36. The predicted molar refractivity (Wildman–Crippen MR) is 80.1 cm³/mol. The van der Waals surface area contributed by atoms with Gasteiger partial charge in [-0.25, -0.2) is 0 Å². The van der Waals surface area contributed by atoms with Crippen LogP contribution in [0.5, 0.6) is 0 Å². The highest BCUT2D eigenvalue weighted by atomic mass is 14.7. The number of pyridine rings is 1. The number of aromatic nitrogens is 1. The SMILES string of the molecule is Cc1ccc(C(C)(C)C(N)c2ccccc2)c(C)n1. The van der Waals surface area contributed by atoms with Crippen LogP contribution >= 0.6 is 0 Å². The number of nitrogens with zero attached hydrogens (tertiary/aromatic N) is 1. The molecule has 0 radical (unpaired) electrons. The molecule has 0 bridgehead atoms. The second kappa shape index (κ2) is 5.14. The Balaban J connectivity index is 2.41. The van der Waals surface area contributed by atoms with Crippen molar-refractivity contribution >= 4 is 0 Å². The molecule has 2 aromatic rings. The highest BCUT2D eigenvalue weighted by Gasteiger charge is 2.31. The van der Waals surface area contributed by atoms with Gasteiger partial charge in [0.15, 0.2) is 0 Å². The lowest BCUT2D eigenvalue weighted by Gasteiger charge is -2.33. The van der Waals surface area contributed by atoms with E-state index in [1.165, 1.54) is 5.56 Å². The minimum absolute atomic E-state index is 0.0445. The van der Waals surface area contributed by atoms with Gasteiger partial charge in [0.25, 0.3) is 0 Å². The van der Waals surface area contributed by atoms with E-state index in [1.54, 1.807) is 0 Å². The minimum Gasteiger partial charge on any atom is -0.323 e. The second-order valence-corrected chi connectivity index (χ2v) is 5.70. The number of hydrogen-bond donors (Lipinski definition) is 1. The Labute approximate surface area is 115 Å². The van der Waals surface area contributed by atoms with Gasteiger partial charge in [-0.1, -0.05) is 50.2 Å². The monoisotopic (exact) mass is 254 g/mol.